The third-order valence-corrected chi connectivity index (χ3v) is 6.31. The molecule has 1 aliphatic carbocycles. The van der Waals surface area contributed by atoms with Crippen molar-refractivity contribution in [2.75, 3.05) is 0 Å². The first kappa shape index (κ1) is 26.6. The number of benzene rings is 2. The number of nitrogens with zero attached hydrogens (tertiary/aromatic N) is 2. The van der Waals surface area contributed by atoms with Crippen molar-refractivity contribution in [3.63, 3.8) is 0 Å². The maximum absolute atomic E-state index is 6.56. The van der Waals surface area contributed by atoms with Crippen LogP contribution in [0.15, 0.2) is 42.5 Å². The van der Waals surface area contributed by atoms with Gasteiger partial charge in [0.25, 0.3) is 0 Å². The Morgan fingerprint density at radius 3 is 2.38 bits per heavy atom. The van der Waals surface area contributed by atoms with Gasteiger partial charge in [-0.3, -0.25) is 0 Å². The van der Waals surface area contributed by atoms with Gasteiger partial charge in [-0.25, -0.2) is 9.97 Å². The molecular formula is C25H31Cl3N4. The van der Waals surface area contributed by atoms with Gasteiger partial charge in [0.2, 0.25) is 0 Å². The van der Waals surface area contributed by atoms with Crippen LogP contribution in [-0.4, -0.2) is 15.6 Å². The average molecular weight is 494 g/mol. The van der Waals surface area contributed by atoms with Gasteiger partial charge in [-0.2, -0.15) is 0 Å². The largest absolute Gasteiger partial charge is 0.313 e. The molecule has 0 aliphatic heterocycles. The second kappa shape index (κ2) is 11.0. The molecule has 1 atom stereocenters. The van der Waals surface area contributed by atoms with E-state index in [1.54, 1.807) is 0 Å². The number of hydrogen-bond acceptors (Lipinski definition) is 4. The van der Waals surface area contributed by atoms with Crippen molar-refractivity contribution in [3.05, 3.63) is 70.1 Å². The maximum atomic E-state index is 6.56. The van der Waals surface area contributed by atoms with Crippen LogP contribution in [0.4, 0.5) is 0 Å². The Morgan fingerprint density at radius 1 is 1.00 bits per heavy atom. The molecule has 4 rings (SSSR count). The van der Waals surface area contributed by atoms with Crippen molar-refractivity contribution < 1.29 is 0 Å². The normalized spacial score (nSPS) is 17.9. The molecule has 0 bridgehead atoms. The average Bonchev–Trinajstić information content (AvgIpc) is 2.72. The van der Waals surface area contributed by atoms with E-state index in [-0.39, 0.29) is 30.7 Å². The van der Waals surface area contributed by atoms with Crippen molar-refractivity contribution in [1.29, 1.82) is 0 Å². The van der Waals surface area contributed by atoms with Crippen LogP contribution in [0.3, 0.4) is 0 Å². The summed E-state index contributed by atoms with van der Waals surface area (Å²) in [5, 5.41) is 1.79. The molecule has 0 saturated heterocycles. The van der Waals surface area contributed by atoms with Gasteiger partial charge in [0.1, 0.15) is 0 Å². The minimum Gasteiger partial charge on any atom is -0.313 e. The molecule has 2 aromatic carbocycles. The minimum atomic E-state index is -0.746. The Balaban J connectivity index is 0.00000181. The van der Waals surface area contributed by atoms with E-state index in [1.165, 1.54) is 5.56 Å². The van der Waals surface area contributed by atoms with Gasteiger partial charge in [0.15, 0.2) is 5.82 Å². The van der Waals surface area contributed by atoms with Crippen LogP contribution in [0.1, 0.15) is 74.0 Å². The van der Waals surface area contributed by atoms with Crippen LogP contribution >= 0.6 is 36.4 Å². The highest BCUT2D eigenvalue weighted by molar-refractivity contribution is 6.30. The minimum absolute atomic E-state index is 0. The third-order valence-electron chi connectivity index (χ3n) is 6.06. The summed E-state index contributed by atoms with van der Waals surface area (Å²) in [7, 11) is 0. The third kappa shape index (κ3) is 5.81. The summed E-state index contributed by atoms with van der Waals surface area (Å²) < 4.78 is 0. The van der Waals surface area contributed by atoms with Crippen molar-refractivity contribution >= 4 is 59.5 Å². The van der Waals surface area contributed by atoms with Gasteiger partial charge in [-0.05, 0) is 60.2 Å². The molecule has 4 nitrogen and oxygen atoms in total. The molecule has 1 fully saturated rings. The number of halogens is 3. The van der Waals surface area contributed by atoms with Crippen LogP contribution < -0.4 is 11.5 Å². The molecule has 1 unspecified atom stereocenters. The maximum Gasteiger partial charge on any atom is 0.152 e. The summed E-state index contributed by atoms with van der Waals surface area (Å²) in [5.41, 5.74) is 16.6. The second-order valence-corrected chi connectivity index (χ2v) is 9.13. The van der Waals surface area contributed by atoms with Gasteiger partial charge in [0, 0.05) is 16.3 Å². The Bertz CT molecular complexity index is 1080. The monoisotopic (exact) mass is 492 g/mol. The number of nitrogens with two attached hydrogens (primary N) is 2. The molecule has 0 radical (unpaired) electrons. The molecule has 4 N–H and O–H groups in total. The SMILES string of the molecule is CC(C)c1ccc2nc(C=Cc3ccc(Cl)cc3)nc(C3CCCCC3(N)N)c2c1.Cl.Cl. The van der Waals surface area contributed by atoms with Crippen molar-refractivity contribution in [2.24, 2.45) is 11.5 Å². The molecule has 1 aliphatic rings. The molecule has 1 heterocycles. The van der Waals surface area contributed by atoms with E-state index < -0.39 is 5.66 Å². The zero-order chi connectivity index (χ0) is 21.3. The summed E-state index contributed by atoms with van der Waals surface area (Å²) >= 11 is 5.99. The lowest BCUT2D eigenvalue weighted by molar-refractivity contribution is 0.256. The Morgan fingerprint density at radius 2 is 1.72 bits per heavy atom. The second-order valence-electron chi connectivity index (χ2n) is 8.69. The Hall–Kier alpha value is -1.69. The predicted molar refractivity (Wildman–Crippen MR) is 141 cm³/mol. The van der Waals surface area contributed by atoms with Crippen molar-refractivity contribution in [2.45, 2.75) is 57.0 Å². The van der Waals surface area contributed by atoms with E-state index in [1.807, 2.05) is 36.4 Å². The molecule has 32 heavy (non-hydrogen) atoms. The summed E-state index contributed by atoms with van der Waals surface area (Å²) in [6, 6.07) is 14.2. The van der Waals surface area contributed by atoms with E-state index in [9.17, 15) is 0 Å². The Labute approximate surface area is 207 Å². The van der Waals surface area contributed by atoms with Crippen molar-refractivity contribution in [3.8, 4) is 0 Å². The zero-order valence-electron chi connectivity index (χ0n) is 18.4. The van der Waals surface area contributed by atoms with Crippen LogP contribution in [0.2, 0.25) is 5.02 Å². The van der Waals surface area contributed by atoms with E-state index in [2.05, 4.69) is 32.0 Å². The molecule has 172 valence electrons. The first-order valence-corrected chi connectivity index (χ1v) is 11.0. The Kier molecular flexibility index (Phi) is 9.09. The number of rotatable bonds is 4. The van der Waals surface area contributed by atoms with Crippen LogP contribution in [0.25, 0.3) is 23.1 Å². The smallest absolute Gasteiger partial charge is 0.152 e. The van der Waals surface area contributed by atoms with Crippen molar-refractivity contribution in [1.82, 2.24) is 9.97 Å². The van der Waals surface area contributed by atoms with E-state index in [0.717, 1.165) is 52.9 Å². The van der Waals surface area contributed by atoms with Gasteiger partial charge in [-0.1, -0.05) is 62.6 Å². The number of aromatic nitrogens is 2. The summed E-state index contributed by atoms with van der Waals surface area (Å²) in [4.78, 5) is 9.78. The zero-order valence-corrected chi connectivity index (χ0v) is 20.8. The lowest BCUT2D eigenvalue weighted by atomic mass is 9.77. The summed E-state index contributed by atoms with van der Waals surface area (Å²) in [6.45, 7) is 4.39. The highest BCUT2D eigenvalue weighted by atomic mass is 35.5. The van der Waals surface area contributed by atoms with E-state index >= 15 is 0 Å². The molecule has 0 spiro atoms. The molecular weight excluding hydrogens is 463 g/mol. The molecule has 7 heteroatoms. The van der Waals surface area contributed by atoms with Gasteiger partial charge in [0.05, 0.1) is 16.9 Å². The standard InChI is InChI=1S/C25H29ClN4.2ClH/c1-16(2)18-9-12-22-20(15-18)24(21-5-3-4-14-25(21,27)28)30-23(29-22)13-8-17-6-10-19(26)11-7-17;;/h6-13,15-16,21H,3-5,14,27-28H2,1-2H3;2*1H. The van der Waals surface area contributed by atoms with Gasteiger partial charge in [-0.15, -0.1) is 24.8 Å². The lowest BCUT2D eigenvalue weighted by Gasteiger charge is -2.38. The fourth-order valence-corrected chi connectivity index (χ4v) is 4.37. The molecule has 1 saturated carbocycles. The first-order chi connectivity index (χ1) is 14.3. The summed E-state index contributed by atoms with van der Waals surface area (Å²) in [6.07, 6.45) is 7.89. The fraction of sp³-hybridized carbons (Fsp3) is 0.360. The molecule has 0 amide bonds. The summed E-state index contributed by atoms with van der Waals surface area (Å²) in [5.74, 6) is 1.12. The first-order valence-electron chi connectivity index (χ1n) is 10.7. The number of fused-ring (bicyclic) bond motifs is 1. The van der Waals surface area contributed by atoms with E-state index in [4.69, 9.17) is 33.0 Å². The fourth-order valence-electron chi connectivity index (χ4n) is 4.25. The van der Waals surface area contributed by atoms with Gasteiger partial charge < -0.3 is 11.5 Å². The highest BCUT2D eigenvalue weighted by Crippen LogP contribution is 2.39. The topological polar surface area (TPSA) is 77.8 Å². The lowest BCUT2D eigenvalue weighted by Crippen LogP contribution is -2.56. The molecule has 1 aromatic heterocycles. The molecule has 3 aromatic rings. The van der Waals surface area contributed by atoms with E-state index in [0.29, 0.717) is 11.7 Å². The van der Waals surface area contributed by atoms with Crippen LogP contribution in [0.5, 0.6) is 0 Å². The van der Waals surface area contributed by atoms with Gasteiger partial charge >= 0.3 is 0 Å². The predicted octanol–water partition coefficient (Wildman–Crippen LogP) is 6.69. The van der Waals surface area contributed by atoms with Crippen LogP contribution in [0, 0.1) is 0 Å². The highest BCUT2D eigenvalue weighted by Gasteiger charge is 2.36. The van der Waals surface area contributed by atoms with Crippen LogP contribution in [-0.2, 0) is 0 Å². The quantitative estimate of drug-likeness (QED) is 0.397. The number of hydrogen-bond donors (Lipinski definition) is 2.